The third-order valence-corrected chi connectivity index (χ3v) is 3.76. The van der Waals surface area contributed by atoms with E-state index in [1.807, 2.05) is 32.9 Å². The molecule has 4 nitrogen and oxygen atoms in total. The minimum Gasteiger partial charge on any atom is -0.468 e. The molecule has 0 saturated heterocycles. The van der Waals surface area contributed by atoms with Crippen molar-refractivity contribution in [2.75, 3.05) is 14.2 Å². The van der Waals surface area contributed by atoms with Gasteiger partial charge < -0.3 is 9.47 Å². The first-order valence-corrected chi connectivity index (χ1v) is 6.40. The van der Waals surface area contributed by atoms with E-state index in [0.717, 1.165) is 27.8 Å². The van der Waals surface area contributed by atoms with Gasteiger partial charge in [-0.2, -0.15) is 0 Å². The number of rotatable bonds is 2. The molecule has 0 saturated carbocycles. The quantitative estimate of drug-likeness (QED) is 0.778. The number of ether oxygens (including phenoxy) is 2. The van der Waals surface area contributed by atoms with Gasteiger partial charge >= 0.3 is 11.9 Å². The molecule has 20 heavy (non-hydrogen) atoms. The number of carbonyl (C=O) groups is 2. The summed E-state index contributed by atoms with van der Waals surface area (Å²) >= 11 is 0. The Morgan fingerprint density at radius 3 is 2.25 bits per heavy atom. The molecule has 4 heteroatoms. The summed E-state index contributed by atoms with van der Waals surface area (Å²) in [5.41, 5.74) is 5.01. The first kappa shape index (κ1) is 14.3. The van der Waals surface area contributed by atoms with Crippen molar-refractivity contribution in [3.05, 3.63) is 40.0 Å². The van der Waals surface area contributed by atoms with E-state index in [1.54, 1.807) is 0 Å². The largest absolute Gasteiger partial charge is 0.468 e. The molecule has 1 aromatic rings. The molecule has 0 aliphatic heterocycles. The average molecular weight is 274 g/mol. The average Bonchev–Trinajstić information content (AvgIpc) is 2.71. The molecule has 1 unspecified atom stereocenters. The van der Waals surface area contributed by atoms with Gasteiger partial charge in [0.15, 0.2) is 0 Å². The lowest BCUT2D eigenvalue weighted by molar-refractivity contribution is -0.144. The molecule has 0 spiro atoms. The zero-order valence-corrected chi connectivity index (χ0v) is 12.4. The Hall–Kier alpha value is -2.10. The van der Waals surface area contributed by atoms with Gasteiger partial charge in [0, 0.05) is 0 Å². The van der Waals surface area contributed by atoms with E-state index in [0.29, 0.717) is 5.57 Å². The Kier molecular flexibility index (Phi) is 3.66. The van der Waals surface area contributed by atoms with Crippen LogP contribution in [0.3, 0.4) is 0 Å². The summed E-state index contributed by atoms with van der Waals surface area (Å²) in [4.78, 5) is 24.2. The van der Waals surface area contributed by atoms with E-state index < -0.39 is 17.9 Å². The van der Waals surface area contributed by atoms with Crippen LogP contribution in [0.4, 0.5) is 0 Å². The molecule has 1 aromatic carbocycles. The van der Waals surface area contributed by atoms with Crippen LogP contribution >= 0.6 is 0 Å². The van der Waals surface area contributed by atoms with Crippen molar-refractivity contribution in [3.8, 4) is 0 Å². The Balaban J connectivity index is 2.72. The van der Waals surface area contributed by atoms with Crippen LogP contribution in [0.25, 0.3) is 5.57 Å². The summed E-state index contributed by atoms with van der Waals surface area (Å²) in [5, 5.41) is 0. The number of allylic oxidation sites excluding steroid dienone is 1. The van der Waals surface area contributed by atoms with Gasteiger partial charge in [0.1, 0.15) is 5.92 Å². The second-order valence-electron chi connectivity index (χ2n) is 5.03. The molecule has 0 bridgehead atoms. The molecule has 0 fully saturated rings. The lowest BCUT2D eigenvalue weighted by atomic mass is 9.91. The maximum atomic E-state index is 12.1. The van der Waals surface area contributed by atoms with Gasteiger partial charge in [0.2, 0.25) is 0 Å². The number of aryl methyl sites for hydroxylation is 2. The second-order valence-corrected chi connectivity index (χ2v) is 5.03. The summed E-state index contributed by atoms with van der Waals surface area (Å²) in [5.74, 6) is -1.61. The number of esters is 2. The summed E-state index contributed by atoms with van der Waals surface area (Å²) in [6, 6.07) is 3.99. The van der Waals surface area contributed by atoms with Crippen LogP contribution in [0.15, 0.2) is 17.7 Å². The highest BCUT2D eigenvalue weighted by molar-refractivity contribution is 6.09. The molecule has 0 amide bonds. The van der Waals surface area contributed by atoms with Crippen molar-refractivity contribution in [3.63, 3.8) is 0 Å². The van der Waals surface area contributed by atoms with E-state index in [1.165, 1.54) is 14.2 Å². The smallest absolute Gasteiger partial charge is 0.335 e. The van der Waals surface area contributed by atoms with Crippen LogP contribution in [0, 0.1) is 13.8 Å². The fraction of sp³-hybridized carbons (Fsp3) is 0.375. The van der Waals surface area contributed by atoms with Crippen LogP contribution in [-0.4, -0.2) is 26.2 Å². The summed E-state index contributed by atoms with van der Waals surface area (Å²) in [6.07, 6.45) is 0. The van der Waals surface area contributed by atoms with Gasteiger partial charge in [-0.05, 0) is 43.0 Å². The fourth-order valence-corrected chi connectivity index (χ4v) is 2.91. The van der Waals surface area contributed by atoms with Crippen LogP contribution in [-0.2, 0) is 19.1 Å². The molecular formula is C16H18O4. The molecule has 0 heterocycles. The molecule has 2 rings (SSSR count). The molecule has 106 valence electrons. The zero-order chi connectivity index (χ0) is 15.0. The van der Waals surface area contributed by atoms with Crippen molar-refractivity contribution >= 4 is 17.5 Å². The fourth-order valence-electron chi connectivity index (χ4n) is 2.91. The molecular weight excluding hydrogens is 256 g/mol. The van der Waals surface area contributed by atoms with Crippen LogP contribution < -0.4 is 0 Å². The van der Waals surface area contributed by atoms with Gasteiger partial charge in [-0.3, -0.25) is 4.79 Å². The standard InChI is InChI=1S/C16H18O4/c1-8-6-9(2)12-11(7-8)10(3)13(15(17)19-4)14(12)16(18)20-5/h6-7,14H,1-5H3. The van der Waals surface area contributed by atoms with E-state index in [-0.39, 0.29) is 0 Å². The van der Waals surface area contributed by atoms with Gasteiger partial charge in [-0.15, -0.1) is 0 Å². The minimum atomic E-state index is -0.692. The van der Waals surface area contributed by atoms with Gasteiger partial charge in [0.05, 0.1) is 19.8 Å². The van der Waals surface area contributed by atoms with E-state index >= 15 is 0 Å². The maximum absolute atomic E-state index is 12.1. The van der Waals surface area contributed by atoms with Crippen molar-refractivity contribution in [1.82, 2.24) is 0 Å². The predicted molar refractivity (Wildman–Crippen MR) is 75.3 cm³/mol. The highest BCUT2D eigenvalue weighted by atomic mass is 16.5. The highest BCUT2D eigenvalue weighted by Crippen LogP contribution is 2.44. The van der Waals surface area contributed by atoms with Gasteiger partial charge in [0.25, 0.3) is 0 Å². The summed E-state index contributed by atoms with van der Waals surface area (Å²) in [7, 11) is 2.64. The Morgan fingerprint density at radius 1 is 1.05 bits per heavy atom. The van der Waals surface area contributed by atoms with Gasteiger partial charge in [-0.25, -0.2) is 4.79 Å². The Bertz CT molecular complexity index is 626. The predicted octanol–water partition coefficient (Wildman–Crippen LogP) is 2.52. The maximum Gasteiger partial charge on any atom is 0.335 e. The van der Waals surface area contributed by atoms with E-state index in [2.05, 4.69) is 0 Å². The van der Waals surface area contributed by atoms with Crippen molar-refractivity contribution in [2.24, 2.45) is 0 Å². The Labute approximate surface area is 118 Å². The molecule has 0 radical (unpaired) electrons. The third-order valence-electron chi connectivity index (χ3n) is 3.76. The van der Waals surface area contributed by atoms with Crippen molar-refractivity contribution in [2.45, 2.75) is 26.7 Å². The third kappa shape index (κ3) is 2.01. The van der Waals surface area contributed by atoms with Crippen molar-refractivity contribution < 1.29 is 19.1 Å². The molecule has 0 N–H and O–H groups in total. The lowest BCUT2D eigenvalue weighted by Crippen LogP contribution is -2.20. The monoisotopic (exact) mass is 274 g/mol. The zero-order valence-electron chi connectivity index (χ0n) is 12.4. The molecule has 0 aromatic heterocycles. The Morgan fingerprint density at radius 2 is 1.70 bits per heavy atom. The number of hydrogen-bond donors (Lipinski definition) is 0. The van der Waals surface area contributed by atoms with Crippen LogP contribution in [0.2, 0.25) is 0 Å². The van der Waals surface area contributed by atoms with Crippen LogP contribution in [0.1, 0.15) is 35.1 Å². The van der Waals surface area contributed by atoms with E-state index in [4.69, 9.17) is 9.47 Å². The normalized spacial score (nSPS) is 16.9. The minimum absolute atomic E-state index is 0.378. The van der Waals surface area contributed by atoms with Crippen molar-refractivity contribution in [1.29, 1.82) is 0 Å². The summed E-state index contributed by atoms with van der Waals surface area (Å²) < 4.78 is 9.69. The number of carbonyl (C=O) groups excluding carboxylic acids is 2. The lowest BCUT2D eigenvalue weighted by Gasteiger charge is -2.15. The number of methoxy groups -OCH3 is 2. The van der Waals surface area contributed by atoms with E-state index in [9.17, 15) is 9.59 Å². The number of hydrogen-bond acceptors (Lipinski definition) is 4. The molecule has 1 aliphatic rings. The first-order valence-electron chi connectivity index (χ1n) is 6.40. The van der Waals surface area contributed by atoms with Crippen LogP contribution in [0.5, 0.6) is 0 Å². The number of benzene rings is 1. The first-order chi connectivity index (χ1) is 9.42. The number of fused-ring (bicyclic) bond motifs is 1. The highest BCUT2D eigenvalue weighted by Gasteiger charge is 2.40. The van der Waals surface area contributed by atoms with Gasteiger partial charge in [-0.1, -0.05) is 17.7 Å². The SMILES string of the molecule is COC(=O)C1=C(C)c2cc(C)cc(C)c2C1C(=O)OC. The second kappa shape index (κ2) is 5.12. The molecule has 1 atom stereocenters. The topological polar surface area (TPSA) is 52.6 Å². The molecule has 1 aliphatic carbocycles. The summed E-state index contributed by atoms with van der Waals surface area (Å²) in [6.45, 7) is 5.77.